The average molecular weight is 296 g/mol. The van der Waals surface area contributed by atoms with Crippen molar-refractivity contribution in [3.05, 3.63) is 77.2 Å². The van der Waals surface area contributed by atoms with Crippen molar-refractivity contribution in [2.24, 2.45) is 0 Å². The SMILES string of the molecule is Cc1cn(-c2cc([NH+]([O-])[O-])ccc2Oc2ccccc2)cn1. The number of rotatable bonds is 4. The first kappa shape index (κ1) is 14.3. The number of quaternary nitrogens is 1. The lowest BCUT2D eigenvalue weighted by Gasteiger charge is -2.25. The maximum absolute atomic E-state index is 11.1. The molecule has 3 rings (SSSR count). The second-order valence-electron chi connectivity index (χ2n) is 4.81. The molecule has 0 atom stereocenters. The summed E-state index contributed by atoms with van der Waals surface area (Å²) in [6.45, 7) is 1.86. The Morgan fingerprint density at radius 2 is 1.86 bits per heavy atom. The summed E-state index contributed by atoms with van der Waals surface area (Å²) in [5.41, 5.74) is 1.50. The topological polar surface area (TPSA) is 77.6 Å². The maximum Gasteiger partial charge on any atom is 0.151 e. The lowest BCUT2D eigenvalue weighted by atomic mass is 10.2. The highest BCUT2D eigenvalue weighted by Gasteiger charge is 2.10. The molecule has 0 saturated carbocycles. The number of nitrogens with zero attached hydrogens (tertiary/aromatic N) is 2. The van der Waals surface area contributed by atoms with Gasteiger partial charge in [-0.1, -0.05) is 18.2 Å². The van der Waals surface area contributed by atoms with Gasteiger partial charge in [-0.3, -0.25) is 0 Å². The third-order valence-electron chi connectivity index (χ3n) is 3.16. The van der Waals surface area contributed by atoms with Crippen molar-refractivity contribution in [3.8, 4) is 17.2 Å². The highest BCUT2D eigenvalue weighted by molar-refractivity contribution is 5.55. The third kappa shape index (κ3) is 2.99. The van der Waals surface area contributed by atoms with Crippen molar-refractivity contribution in [2.45, 2.75) is 6.92 Å². The van der Waals surface area contributed by atoms with E-state index in [9.17, 15) is 10.4 Å². The molecule has 1 heterocycles. The number of aryl methyl sites for hydroxylation is 1. The molecule has 0 spiro atoms. The molecule has 0 amide bonds. The Bertz CT molecular complexity index is 769. The summed E-state index contributed by atoms with van der Waals surface area (Å²) in [5.74, 6) is 1.20. The average Bonchev–Trinajstić information content (AvgIpc) is 2.95. The fraction of sp³-hybridized carbons (Fsp3) is 0.0625. The minimum atomic E-state index is -1.23. The number of aromatic nitrogens is 2. The Hall–Kier alpha value is -2.67. The van der Waals surface area contributed by atoms with Crippen LogP contribution >= 0.6 is 0 Å². The summed E-state index contributed by atoms with van der Waals surface area (Å²) in [6, 6.07) is 13.9. The van der Waals surface area contributed by atoms with Gasteiger partial charge in [-0.2, -0.15) is 0 Å². The number of imidazole rings is 1. The smallest absolute Gasteiger partial charge is 0.151 e. The quantitative estimate of drug-likeness (QED) is 0.750. The van der Waals surface area contributed by atoms with Gasteiger partial charge in [0.05, 0.1) is 17.7 Å². The zero-order chi connectivity index (χ0) is 15.5. The molecule has 0 aliphatic carbocycles. The molecular formula is C16H14N3O3-. The molecule has 112 valence electrons. The van der Waals surface area contributed by atoms with E-state index in [2.05, 4.69) is 4.98 Å². The van der Waals surface area contributed by atoms with Gasteiger partial charge < -0.3 is 24.9 Å². The minimum absolute atomic E-state index is 0.0850. The Morgan fingerprint density at radius 3 is 2.50 bits per heavy atom. The fourth-order valence-electron chi connectivity index (χ4n) is 2.10. The van der Waals surface area contributed by atoms with Gasteiger partial charge in [0.25, 0.3) is 0 Å². The molecule has 1 aromatic heterocycles. The van der Waals surface area contributed by atoms with Crippen LogP contribution in [0.5, 0.6) is 11.5 Å². The lowest BCUT2D eigenvalue weighted by Crippen LogP contribution is -2.96. The molecule has 22 heavy (non-hydrogen) atoms. The molecule has 1 N–H and O–H groups in total. The number of ether oxygens (including phenoxy) is 1. The largest absolute Gasteiger partial charge is 0.628 e. The van der Waals surface area contributed by atoms with E-state index < -0.39 is 5.23 Å². The summed E-state index contributed by atoms with van der Waals surface area (Å²) < 4.78 is 7.57. The van der Waals surface area contributed by atoms with Crippen LogP contribution in [0.2, 0.25) is 0 Å². The molecule has 0 saturated heterocycles. The zero-order valence-corrected chi connectivity index (χ0v) is 11.9. The summed E-state index contributed by atoms with van der Waals surface area (Å²) >= 11 is 0. The van der Waals surface area contributed by atoms with E-state index in [4.69, 9.17) is 4.74 Å². The Balaban J connectivity index is 2.05. The number of para-hydroxylation sites is 1. The first-order chi connectivity index (χ1) is 10.6. The Labute approximate surface area is 127 Å². The third-order valence-corrected chi connectivity index (χ3v) is 3.16. The van der Waals surface area contributed by atoms with Crippen LogP contribution < -0.4 is 9.96 Å². The summed E-state index contributed by atoms with van der Waals surface area (Å²) in [7, 11) is 0. The van der Waals surface area contributed by atoms with Crippen molar-refractivity contribution in [1.82, 2.24) is 9.55 Å². The normalized spacial score (nSPS) is 10.9. The van der Waals surface area contributed by atoms with Gasteiger partial charge >= 0.3 is 0 Å². The van der Waals surface area contributed by atoms with Gasteiger partial charge in [0.15, 0.2) is 5.75 Å². The molecule has 6 nitrogen and oxygen atoms in total. The van der Waals surface area contributed by atoms with Crippen molar-refractivity contribution in [2.75, 3.05) is 0 Å². The van der Waals surface area contributed by atoms with Gasteiger partial charge in [0.1, 0.15) is 11.4 Å². The highest BCUT2D eigenvalue weighted by atomic mass is 16.8. The number of hydrogen-bond acceptors (Lipinski definition) is 4. The minimum Gasteiger partial charge on any atom is -0.628 e. The number of nitrogens with one attached hydrogen (secondary N) is 1. The number of hydrogen-bond donors (Lipinski definition) is 1. The number of benzene rings is 2. The van der Waals surface area contributed by atoms with Crippen molar-refractivity contribution in [3.63, 3.8) is 0 Å². The summed E-state index contributed by atoms with van der Waals surface area (Å²) in [5, 5.41) is 20.9. The molecule has 0 aliphatic rings. The van der Waals surface area contributed by atoms with Gasteiger partial charge in [-0.05, 0) is 25.1 Å². The maximum atomic E-state index is 11.1. The lowest BCUT2D eigenvalue weighted by molar-refractivity contribution is -0.715. The molecule has 3 aromatic rings. The Kier molecular flexibility index (Phi) is 3.88. The van der Waals surface area contributed by atoms with Crippen LogP contribution in [0.1, 0.15) is 5.69 Å². The molecule has 0 aliphatic heterocycles. The predicted molar refractivity (Wildman–Crippen MR) is 82.2 cm³/mol. The van der Waals surface area contributed by atoms with E-state index in [1.165, 1.54) is 12.1 Å². The molecule has 0 bridgehead atoms. The highest BCUT2D eigenvalue weighted by Crippen LogP contribution is 2.30. The summed E-state index contributed by atoms with van der Waals surface area (Å²) in [6.07, 6.45) is 3.41. The van der Waals surface area contributed by atoms with Crippen molar-refractivity contribution in [1.29, 1.82) is 0 Å². The molecule has 0 fully saturated rings. The van der Waals surface area contributed by atoms with Crippen molar-refractivity contribution < 1.29 is 9.96 Å². The van der Waals surface area contributed by atoms with E-state index in [1.54, 1.807) is 23.2 Å². The first-order valence-electron chi connectivity index (χ1n) is 6.73. The van der Waals surface area contributed by atoms with E-state index in [0.29, 0.717) is 17.2 Å². The van der Waals surface area contributed by atoms with Crippen LogP contribution in [-0.2, 0) is 0 Å². The van der Waals surface area contributed by atoms with Crippen LogP contribution in [0.15, 0.2) is 61.1 Å². The van der Waals surface area contributed by atoms with Crippen molar-refractivity contribution >= 4 is 5.69 Å². The van der Waals surface area contributed by atoms with Gasteiger partial charge in [0, 0.05) is 18.3 Å². The molecular weight excluding hydrogens is 282 g/mol. The monoisotopic (exact) mass is 296 g/mol. The second-order valence-corrected chi connectivity index (χ2v) is 4.81. The van der Waals surface area contributed by atoms with Gasteiger partial charge in [0.2, 0.25) is 0 Å². The second kappa shape index (κ2) is 5.98. The van der Waals surface area contributed by atoms with E-state index in [1.807, 2.05) is 37.3 Å². The Morgan fingerprint density at radius 1 is 1.09 bits per heavy atom. The van der Waals surface area contributed by atoms with Crippen LogP contribution in [0.3, 0.4) is 0 Å². The van der Waals surface area contributed by atoms with E-state index >= 15 is 0 Å². The molecule has 0 unspecified atom stereocenters. The van der Waals surface area contributed by atoms with Crippen LogP contribution in [0.4, 0.5) is 5.69 Å². The first-order valence-corrected chi connectivity index (χ1v) is 6.73. The van der Waals surface area contributed by atoms with Gasteiger partial charge in [-0.15, -0.1) is 0 Å². The van der Waals surface area contributed by atoms with Crippen LogP contribution in [-0.4, -0.2) is 9.55 Å². The predicted octanol–water partition coefficient (Wildman–Crippen LogP) is 2.49. The molecule has 6 heteroatoms. The molecule has 0 radical (unpaired) electrons. The van der Waals surface area contributed by atoms with Gasteiger partial charge in [-0.25, -0.2) is 4.98 Å². The van der Waals surface area contributed by atoms with Crippen LogP contribution in [0, 0.1) is 17.3 Å². The fourth-order valence-corrected chi connectivity index (χ4v) is 2.10. The van der Waals surface area contributed by atoms with Crippen LogP contribution in [0.25, 0.3) is 5.69 Å². The standard InChI is InChI=1S/C16H14N3O3/c1-12-10-18(11-17-12)15-9-13(19(20)21)7-8-16(15)22-14-5-3-2-4-6-14/h2-11,19H,1H3/q-1. The van der Waals surface area contributed by atoms with E-state index in [0.717, 1.165) is 5.69 Å². The zero-order valence-electron chi connectivity index (χ0n) is 11.9. The summed E-state index contributed by atoms with van der Waals surface area (Å²) in [4.78, 5) is 4.16. The molecule has 2 aromatic carbocycles. The van der Waals surface area contributed by atoms with E-state index in [-0.39, 0.29) is 5.69 Å².